The van der Waals surface area contributed by atoms with Gasteiger partial charge in [-0.05, 0) is 73.0 Å². The molecule has 1 N–H and O–H groups in total. The van der Waals surface area contributed by atoms with Crippen molar-refractivity contribution in [3.63, 3.8) is 0 Å². The summed E-state index contributed by atoms with van der Waals surface area (Å²) in [5.41, 5.74) is 6.12. The van der Waals surface area contributed by atoms with Crippen LogP contribution in [0.3, 0.4) is 0 Å². The Morgan fingerprint density at radius 2 is 1.73 bits per heavy atom. The molecule has 1 saturated heterocycles. The van der Waals surface area contributed by atoms with E-state index in [0.717, 1.165) is 61.3 Å². The van der Waals surface area contributed by atoms with Gasteiger partial charge in [0.1, 0.15) is 0 Å². The number of rotatable bonds is 5. The van der Waals surface area contributed by atoms with Crippen molar-refractivity contribution in [1.29, 1.82) is 5.26 Å². The molecule has 6 nitrogen and oxygen atoms in total. The van der Waals surface area contributed by atoms with Crippen LogP contribution in [0.5, 0.6) is 0 Å². The van der Waals surface area contributed by atoms with E-state index in [1.54, 1.807) is 10.6 Å². The molecule has 0 amide bonds. The molecular formula is C27H27N5O. The van der Waals surface area contributed by atoms with Crippen LogP contribution in [0.1, 0.15) is 16.7 Å². The lowest BCUT2D eigenvalue weighted by Gasteiger charge is -2.36. The number of hydrogen-bond acceptors (Lipinski definition) is 4. The van der Waals surface area contributed by atoms with Crippen molar-refractivity contribution in [1.82, 2.24) is 14.5 Å². The molecular weight excluding hydrogens is 410 g/mol. The van der Waals surface area contributed by atoms with Crippen molar-refractivity contribution in [3.8, 4) is 11.8 Å². The van der Waals surface area contributed by atoms with E-state index in [4.69, 9.17) is 0 Å². The molecule has 0 bridgehead atoms. The Balaban J connectivity index is 1.18. The molecule has 4 aromatic rings. The molecule has 0 saturated carbocycles. The Morgan fingerprint density at radius 1 is 0.970 bits per heavy atom. The van der Waals surface area contributed by atoms with E-state index in [-0.39, 0.29) is 5.56 Å². The first kappa shape index (κ1) is 21.0. The fraction of sp³-hybridized carbons (Fsp3) is 0.259. The third-order valence-corrected chi connectivity index (χ3v) is 6.53. The quantitative estimate of drug-likeness (QED) is 0.515. The molecule has 2 aromatic heterocycles. The summed E-state index contributed by atoms with van der Waals surface area (Å²) in [6.45, 7) is 6.94. The highest BCUT2D eigenvalue weighted by Gasteiger charge is 2.18. The van der Waals surface area contributed by atoms with Crippen molar-refractivity contribution in [2.75, 3.05) is 37.6 Å². The molecule has 1 aliphatic rings. The topological polar surface area (TPSA) is 68.1 Å². The summed E-state index contributed by atoms with van der Waals surface area (Å²) in [5, 5.41) is 10.3. The molecule has 1 aliphatic heterocycles. The summed E-state index contributed by atoms with van der Waals surface area (Å²) < 4.78 is 1.68. The minimum Gasteiger partial charge on any atom is -0.369 e. The number of aromatic nitrogens is 2. The van der Waals surface area contributed by atoms with Gasteiger partial charge >= 0.3 is 0 Å². The number of aromatic amines is 1. The van der Waals surface area contributed by atoms with Crippen LogP contribution in [-0.2, 0) is 6.42 Å². The molecule has 0 spiro atoms. The van der Waals surface area contributed by atoms with Gasteiger partial charge in [-0.1, -0.05) is 0 Å². The summed E-state index contributed by atoms with van der Waals surface area (Å²) in [6.07, 6.45) is 4.87. The lowest BCUT2D eigenvalue weighted by Crippen LogP contribution is -2.47. The van der Waals surface area contributed by atoms with Gasteiger partial charge in [0.25, 0.3) is 5.56 Å². The number of nitriles is 1. The van der Waals surface area contributed by atoms with Crippen LogP contribution in [0.2, 0.25) is 0 Å². The van der Waals surface area contributed by atoms with Crippen LogP contribution in [0.4, 0.5) is 5.69 Å². The number of anilines is 1. The van der Waals surface area contributed by atoms with Gasteiger partial charge in [0, 0.05) is 73.5 Å². The van der Waals surface area contributed by atoms with Crippen molar-refractivity contribution in [3.05, 3.63) is 94.0 Å². The van der Waals surface area contributed by atoms with E-state index in [9.17, 15) is 10.1 Å². The summed E-state index contributed by atoms with van der Waals surface area (Å²) in [5.74, 6) is 0. The van der Waals surface area contributed by atoms with E-state index in [2.05, 4.69) is 39.2 Å². The number of benzene rings is 2. The normalized spacial score (nSPS) is 14.5. The van der Waals surface area contributed by atoms with Crippen LogP contribution >= 0.6 is 0 Å². The highest BCUT2D eigenvalue weighted by atomic mass is 16.1. The molecule has 0 radical (unpaired) electrons. The van der Waals surface area contributed by atoms with Gasteiger partial charge < -0.3 is 9.88 Å². The van der Waals surface area contributed by atoms with Gasteiger partial charge in [-0.3, -0.25) is 14.3 Å². The monoisotopic (exact) mass is 437 g/mol. The first-order chi connectivity index (χ1) is 16.1. The molecule has 6 heteroatoms. The predicted molar refractivity (Wildman–Crippen MR) is 132 cm³/mol. The Kier molecular flexibility index (Phi) is 5.72. The molecule has 33 heavy (non-hydrogen) atoms. The lowest BCUT2D eigenvalue weighted by molar-refractivity contribution is 0.261. The summed E-state index contributed by atoms with van der Waals surface area (Å²) in [6, 6.07) is 19.9. The van der Waals surface area contributed by atoms with Crippen molar-refractivity contribution in [2.24, 2.45) is 0 Å². The van der Waals surface area contributed by atoms with E-state index in [0.29, 0.717) is 5.56 Å². The van der Waals surface area contributed by atoms with Crippen molar-refractivity contribution in [2.45, 2.75) is 13.3 Å². The Bertz CT molecular complexity index is 1370. The first-order valence-corrected chi connectivity index (χ1v) is 11.4. The van der Waals surface area contributed by atoms with Gasteiger partial charge in [0.2, 0.25) is 0 Å². The number of piperazine rings is 1. The summed E-state index contributed by atoms with van der Waals surface area (Å²) in [7, 11) is 0. The van der Waals surface area contributed by atoms with Gasteiger partial charge in [-0.15, -0.1) is 0 Å². The second-order valence-corrected chi connectivity index (χ2v) is 8.69. The minimum absolute atomic E-state index is 0.00425. The summed E-state index contributed by atoms with van der Waals surface area (Å²) in [4.78, 5) is 20.5. The van der Waals surface area contributed by atoms with Gasteiger partial charge in [-0.25, -0.2) is 0 Å². The van der Waals surface area contributed by atoms with Crippen LogP contribution in [0, 0.1) is 18.3 Å². The van der Waals surface area contributed by atoms with E-state index < -0.39 is 0 Å². The third-order valence-electron chi connectivity index (χ3n) is 6.53. The minimum atomic E-state index is -0.00425. The van der Waals surface area contributed by atoms with Gasteiger partial charge in [-0.2, -0.15) is 5.26 Å². The number of fused-ring (bicyclic) bond motifs is 1. The molecule has 0 aliphatic carbocycles. The molecule has 1 fully saturated rings. The zero-order valence-corrected chi connectivity index (χ0v) is 18.8. The van der Waals surface area contributed by atoms with Crippen LogP contribution in [0.15, 0.2) is 71.8 Å². The maximum absolute atomic E-state index is 12.2. The number of nitrogens with one attached hydrogen (secondary N) is 1. The Labute approximate surface area is 193 Å². The van der Waals surface area contributed by atoms with E-state index >= 15 is 0 Å². The number of pyridine rings is 1. The average molecular weight is 438 g/mol. The second kappa shape index (κ2) is 8.97. The highest BCUT2D eigenvalue weighted by molar-refractivity contribution is 5.84. The van der Waals surface area contributed by atoms with Gasteiger partial charge in [0.15, 0.2) is 0 Å². The van der Waals surface area contributed by atoms with Crippen molar-refractivity contribution >= 4 is 16.6 Å². The smallest absolute Gasteiger partial charge is 0.255 e. The van der Waals surface area contributed by atoms with Gasteiger partial charge in [0.05, 0.1) is 11.6 Å². The second-order valence-electron chi connectivity index (χ2n) is 8.69. The molecule has 2 aromatic carbocycles. The van der Waals surface area contributed by atoms with Crippen LogP contribution < -0.4 is 10.5 Å². The number of nitrogens with zero attached hydrogens (tertiary/aromatic N) is 4. The number of H-pyrrole nitrogens is 1. The number of hydrogen-bond donors (Lipinski definition) is 1. The Hall–Kier alpha value is -3.82. The summed E-state index contributed by atoms with van der Waals surface area (Å²) >= 11 is 0. The molecule has 0 unspecified atom stereocenters. The molecule has 0 atom stereocenters. The van der Waals surface area contributed by atoms with E-state index in [1.807, 2.05) is 49.5 Å². The van der Waals surface area contributed by atoms with Crippen LogP contribution in [0.25, 0.3) is 16.6 Å². The van der Waals surface area contributed by atoms with Crippen LogP contribution in [-0.4, -0.2) is 47.2 Å². The molecule has 166 valence electrons. The Morgan fingerprint density at radius 3 is 2.45 bits per heavy atom. The third kappa shape index (κ3) is 4.41. The van der Waals surface area contributed by atoms with E-state index in [1.165, 1.54) is 11.3 Å². The predicted octanol–water partition coefficient (Wildman–Crippen LogP) is 3.86. The average Bonchev–Trinajstić information content (AvgIpc) is 3.25. The SMILES string of the molecule is Cc1ccn(-c2ccc(N3CCN(CCc4c[nH]c5ccc(C#N)cc45)CC3)cc2)c(=O)c1. The van der Waals surface area contributed by atoms with Crippen molar-refractivity contribution < 1.29 is 0 Å². The fourth-order valence-corrected chi connectivity index (χ4v) is 4.58. The maximum atomic E-state index is 12.2. The zero-order chi connectivity index (χ0) is 22.8. The lowest BCUT2D eigenvalue weighted by atomic mass is 10.1. The number of aryl methyl sites for hydroxylation is 1. The fourth-order valence-electron chi connectivity index (χ4n) is 4.58. The highest BCUT2D eigenvalue weighted by Crippen LogP contribution is 2.22. The molecule has 3 heterocycles. The first-order valence-electron chi connectivity index (χ1n) is 11.4. The molecule has 5 rings (SSSR count). The largest absolute Gasteiger partial charge is 0.369 e. The zero-order valence-electron chi connectivity index (χ0n) is 18.8. The standard InChI is InChI=1S/C27H27N5O/c1-20-8-11-32(27(33)16-20)24-5-3-23(4-6-24)31-14-12-30(13-15-31)10-9-22-19-29-26-7-2-21(18-28)17-25(22)26/h2-8,11,16-17,19,29H,9-10,12-15H2,1H3. The maximum Gasteiger partial charge on any atom is 0.255 e.